The minimum atomic E-state index is 0.258. The highest BCUT2D eigenvalue weighted by atomic mass is 16.2. The van der Waals surface area contributed by atoms with E-state index < -0.39 is 0 Å². The Morgan fingerprint density at radius 2 is 2.43 bits per heavy atom. The van der Waals surface area contributed by atoms with Crippen LogP contribution in [0.25, 0.3) is 0 Å². The summed E-state index contributed by atoms with van der Waals surface area (Å²) in [6, 6.07) is 0. The molecule has 0 spiro atoms. The fourth-order valence-electron chi connectivity index (χ4n) is 2.29. The van der Waals surface area contributed by atoms with Gasteiger partial charge in [0.1, 0.15) is 0 Å². The molecule has 4 heteroatoms. The van der Waals surface area contributed by atoms with Gasteiger partial charge in [0.25, 0.3) is 0 Å². The van der Waals surface area contributed by atoms with E-state index in [2.05, 4.69) is 10.3 Å². The first-order valence-electron chi connectivity index (χ1n) is 5.49. The second kappa shape index (κ2) is 4.28. The minimum absolute atomic E-state index is 0.258. The number of rotatable bonds is 2. The van der Waals surface area contributed by atoms with Crippen molar-refractivity contribution in [2.24, 2.45) is 5.92 Å². The molecule has 2 aliphatic rings. The molecule has 0 radical (unpaired) electrons. The molecule has 1 atom stereocenters. The van der Waals surface area contributed by atoms with E-state index in [-0.39, 0.29) is 5.91 Å². The van der Waals surface area contributed by atoms with Gasteiger partial charge in [0.2, 0.25) is 5.91 Å². The molecule has 14 heavy (non-hydrogen) atoms. The topological polar surface area (TPSA) is 35.6 Å². The molecule has 2 fully saturated rings. The largest absolute Gasteiger partial charge is 0.316 e. The van der Waals surface area contributed by atoms with Gasteiger partial charge in [-0.2, -0.15) is 0 Å². The van der Waals surface area contributed by atoms with E-state index >= 15 is 0 Å². The normalized spacial score (nSPS) is 29.9. The predicted molar refractivity (Wildman–Crippen MR) is 54.6 cm³/mol. The first-order valence-corrected chi connectivity index (χ1v) is 5.49. The Balaban J connectivity index is 1.81. The number of nitrogens with one attached hydrogen (secondary N) is 1. The Labute approximate surface area is 85.2 Å². The fourth-order valence-corrected chi connectivity index (χ4v) is 2.29. The van der Waals surface area contributed by atoms with Crippen molar-refractivity contribution in [3.63, 3.8) is 0 Å². The van der Waals surface area contributed by atoms with E-state index in [0.29, 0.717) is 6.42 Å². The molecule has 2 saturated heterocycles. The molecule has 2 aliphatic heterocycles. The maximum atomic E-state index is 11.3. The fraction of sp³-hybridized carbons (Fsp3) is 0.900. The Morgan fingerprint density at radius 3 is 3.00 bits per heavy atom. The standard InChI is InChI=1S/C10H19N3O/c1-12-10(14)4-6-13(12)8-9-3-2-5-11-7-9/h9,11H,2-8H2,1H3. The average molecular weight is 197 g/mol. The van der Waals surface area contributed by atoms with E-state index in [4.69, 9.17) is 0 Å². The van der Waals surface area contributed by atoms with Crippen LogP contribution in [0, 0.1) is 5.92 Å². The highest BCUT2D eigenvalue weighted by Crippen LogP contribution is 2.16. The third kappa shape index (κ3) is 2.07. The van der Waals surface area contributed by atoms with Gasteiger partial charge in [-0.3, -0.25) is 9.80 Å². The number of hydrogen-bond acceptors (Lipinski definition) is 3. The Kier molecular flexibility index (Phi) is 3.03. The van der Waals surface area contributed by atoms with E-state index in [1.54, 1.807) is 5.01 Å². The molecule has 80 valence electrons. The lowest BCUT2D eigenvalue weighted by Gasteiger charge is -2.30. The van der Waals surface area contributed by atoms with Crippen LogP contribution in [0.3, 0.4) is 0 Å². The molecule has 4 nitrogen and oxygen atoms in total. The Hall–Kier alpha value is -0.610. The van der Waals surface area contributed by atoms with Gasteiger partial charge in [-0.1, -0.05) is 0 Å². The number of nitrogens with zero attached hydrogens (tertiary/aromatic N) is 2. The van der Waals surface area contributed by atoms with Crippen molar-refractivity contribution >= 4 is 5.91 Å². The van der Waals surface area contributed by atoms with Crippen LogP contribution >= 0.6 is 0 Å². The van der Waals surface area contributed by atoms with Crippen molar-refractivity contribution in [2.75, 3.05) is 33.2 Å². The molecule has 0 bridgehead atoms. The molecule has 2 heterocycles. The zero-order chi connectivity index (χ0) is 9.97. The van der Waals surface area contributed by atoms with Crippen molar-refractivity contribution in [1.82, 2.24) is 15.3 Å². The van der Waals surface area contributed by atoms with Gasteiger partial charge >= 0.3 is 0 Å². The van der Waals surface area contributed by atoms with Crippen molar-refractivity contribution in [1.29, 1.82) is 0 Å². The molecule has 1 amide bonds. The predicted octanol–water partition coefficient (Wildman–Crippen LogP) is 0.0651. The van der Waals surface area contributed by atoms with Crippen molar-refractivity contribution in [3.8, 4) is 0 Å². The van der Waals surface area contributed by atoms with Crippen LogP contribution in [0.2, 0.25) is 0 Å². The Bertz CT molecular complexity index is 213. The highest BCUT2D eigenvalue weighted by molar-refractivity contribution is 5.77. The van der Waals surface area contributed by atoms with E-state index in [0.717, 1.165) is 32.1 Å². The SMILES string of the molecule is CN1C(=O)CCN1CC1CCCNC1. The lowest BCUT2D eigenvalue weighted by Crippen LogP contribution is -2.42. The summed E-state index contributed by atoms with van der Waals surface area (Å²) in [5, 5.41) is 7.37. The van der Waals surface area contributed by atoms with Crippen LogP contribution in [-0.2, 0) is 4.79 Å². The lowest BCUT2D eigenvalue weighted by atomic mass is 10.00. The number of carbonyl (C=O) groups excluding carboxylic acids is 1. The minimum Gasteiger partial charge on any atom is -0.316 e. The van der Waals surface area contributed by atoms with Crippen LogP contribution < -0.4 is 5.32 Å². The summed E-state index contributed by atoms with van der Waals surface area (Å²) in [6.45, 7) is 4.21. The molecule has 0 aliphatic carbocycles. The second-order valence-electron chi connectivity index (χ2n) is 4.29. The summed E-state index contributed by atoms with van der Waals surface area (Å²) in [4.78, 5) is 11.3. The van der Waals surface area contributed by atoms with Crippen LogP contribution in [0.1, 0.15) is 19.3 Å². The van der Waals surface area contributed by atoms with Crippen molar-refractivity contribution in [3.05, 3.63) is 0 Å². The number of amides is 1. The quantitative estimate of drug-likeness (QED) is 0.680. The van der Waals surface area contributed by atoms with Crippen LogP contribution in [0.4, 0.5) is 0 Å². The molecular weight excluding hydrogens is 178 g/mol. The maximum Gasteiger partial charge on any atom is 0.237 e. The number of hydrazine groups is 1. The van der Waals surface area contributed by atoms with Gasteiger partial charge in [0.05, 0.1) is 0 Å². The van der Waals surface area contributed by atoms with Gasteiger partial charge in [-0.15, -0.1) is 0 Å². The molecular formula is C10H19N3O. The summed E-state index contributed by atoms with van der Waals surface area (Å²) in [6.07, 6.45) is 3.26. The molecule has 1 unspecified atom stereocenters. The molecule has 0 aromatic carbocycles. The molecule has 0 aromatic rings. The number of piperidine rings is 1. The summed E-state index contributed by atoms with van der Waals surface area (Å²) in [5.41, 5.74) is 0. The average Bonchev–Trinajstić information content (AvgIpc) is 2.52. The van der Waals surface area contributed by atoms with E-state index in [9.17, 15) is 4.79 Å². The van der Waals surface area contributed by atoms with E-state index in [1.165, 1.54) is 12.8 Å². The molecule has 2 rings (SSSR count). The van der Waals surface area contributed by atoms with Crippen molar-refractivity contribution in [2.45, 2.75) is 19.3 Å². The van der Waals surface area contributed by atoms with Crippen LogP contribution in [0.5, 0.6) is 0 Å². The molecule has 1 N–H and O–H groups in total. The van der Waals surface area contributed by atoms with Crippen LogP contribution in [0.15, 0.2) is 0 Å². The third-order valence-corrected chi connectivity index (χ3v) is 3.24. The number of hydrogen-bond donors (Lipinski definition) is 1. The monoisotopic (exact) mass is 197 g/mol. The highest BCUT2D eigenvalue weighted by Gasteiger charge is 2.27. The van der Waals surface area contributed by atoms with Gasteiger partial charge < -0.3 is 5.32 Å². The van der Waals surface area contributed by atoms with Gasteiger partial charge in [0, 0.05) is 26.6 Å². The zero-order valence-electron chi connectivity index (χ0n) is 8.83. The summed E-state index contributed by atoms with van der Waals surface area (Å²) >= 11 is 0. The lowest BCUT2D eigenvalue weighted by molar-refractivity contribution is -0.135. The van der Waals surface area contributed by atoms with Gasteiger partial charge in [-0.05, 0) is 31.8 Å². The number of carbonyl (C=O) groups is 1. The van der Waals surface area contributed by atoms with Crippen molar-refractivity contribution < 1.29 is 4.79 Å². The summed E-state index contributed by atoms with van der Waals surface area (Å²) in [7, 11) is 1.88. The molecule has 0 aromatic heterocycles. The zero-order valence-corrected chi connectivity index (χ0v) is 8.83. The van der Waals surface area contributed by atoms with E-state index in [1.807, 2.05) is 7.05 Å². The van der Waals surface area contributed by atoms with Crippen LogP contribution in [-0.4, -0.2) is 49.2 Å². The first-order chi connectivity index (χ1) is 6.77. The Morgan fingerprint density at radius 1 is 1.57 bits per heavy atom. The summed E-state index contributed by atoms with van der Waals surface area (Å²) < 4.78 is 0. The third-order valence-electron chi connectivity index (χ3n) is 3.24. The first kappa shape index (κ1) is 9.93. The smallest absolute Gasteiger partial charge is 0.237 e. The maximum absolute atomic E-state index is 11.3. The molecule has 0 saturated carbocycles. The summed E-state index contributed by atoms with van der Waals surface area (Å²) in [5.74, 6) is 0.978. The second-order valence-corrected chi connectivity index (χ2v) is 4.29. The van der Waals surface area contributed by atoms with Gasteiger partial charge in [-0.25, -0.2) is 5.01 Å². The van der Waals surface area contributed by atoms with Gasteiger partial charge in [0.15, 0.2) is 0 Å².